The van der Waals surface area contributed by atoms with Gasteiger partial charge >= 0.3 is 0 Å². The van der Waals surface area contributed by atoms with Crippen LogP contribution in [0.4, 0.5) is 14.5 Å². The lowest BCUT2D eigenvalue weighted by Gasteiger charge is -2.18. The topological polar surface area (TPSA) is 20.3 Å². The normalized spacial score (nSPS) is 10.0. The van der Waals surface area contributed by atoms with Gasteiger partial charge in [-0.3, -0.25) is 4.79 Å². The van der Waals surface area contributed by atoms with Crippen molar-refractivity contribution in [3.63, 3.8) is 0 Å². The van der Waals surface area contributed by atoms with Crippen LogP contribution in [0.25, 0.3) is 0 Å². The first-order chi connectivity index (χ1) is 6.54. The summed E-state index contributed by atoms with van der Waals surface area (Å²) < 4.78 is 25.6. The van der Waals surface area contributed by atoms with Crippen LogP contribution in [0.2, 0.25) is 0 Å². The van der Waals surface area contributed by atoms with Gasteiger partial charge in [0, 0.05) is 25.2 Å². The molecular formula is C10H11F2NO. The lowest BCUT2D eigenvalue weighted by molar-refractivity contribution is -0.116. The summed E-state index contributed by atoms with van der Waals surface area (Å²) in [4.78, 5) is 12.4. The summed E-state index contributed by atoms with van der Waals surface area (Å²) in [6.07, 6.45) is 0. The molecule has 1 amide bonds. The van der Waals surface area contributed by atoms with Crippen molar-refractivity contribution >= 4 is 11.6 Å². The summed E-state index contributed by atoms with van der Waals surface area (Å²) in [6.45, 7) is 3.48. The Balaban J connectivity index is 3.10. The van der Waals surface area contributed by atoms with Gasteiger partial charge in [0.05, 0.1) is 0 Å². The van der Waals surface area contributed by atoms with Crippen molar-refractivity contribution in [1.82, 2.24) is 0 Å². The van der Waals surface area contributed by atoms with Crippen LogP contribution in [0.3, 0.4) is 0 Å². The van der Waals surface area contributed by atoms with Gasteiger partial charge in [-0.2, -0.15) is 0 Å². The molecule has 0 atom stereocenters. The maximum atomic E-state index is 12.8. The molecule has 1 rings (SSSR count). The SMILES string of the molecule is CCN(C(C)=O)c1cc(F)cc(F)c1. The average Bonchev–Trinajstić information content (AvgIpc) is 2.02. The number of carbonyl (C=O) groups is 1. The van der Waals surface area contributed by atoms with Crippen LogP contribution < -0.4 is 4.90 Å². The highest BCUT2D eigenvalue weighted by Crippen LogP contribution is 2.17. The molecule has 1 aromatic rings. The van der Waals surface area contributed by atoms with E-state index < -0.39 is 11.6 Å². The van der Waals surface area contributed by atoms with E-state index >= 15 is 0 Å². The predicted molar refractivity (Wildman–Crippen MR) is 50.1 cm³/mol. The molecule has 76 valence electrons. The Morgan fingerprint density at radius 3 is 2.14 bits per heavy atom. The van der Waals surface area contributed by atoms with Crippen LogP contribution in [0.1, 0.15) is 13.8 Å². The van der Waals surface area contributed by atoms with Crippen LogP contribution in [0, 0.1) is 11.6 Å². The maximum Gasteiger partial charge on any atom is 0.223 e. The smallest absolute Gasteiger partial charge is 0.223 e. The summed E-state index contributed by atoms with van der Waals surface area (Å²) in [5.74, 6) is -1.60. The molecule has 0 aliphatic carbocycles. The zero-order valence-electron chi connectivity index (χ0n) is 8.05. The molecule has 0 aliphatic rings. The number of hydrogen-bond donors (Lipinski definition) is 0. The molecule has 0 saturated carbocycles. The van der Waals surface area contributed by atoms with Gasteiger partial charge in [-0.05, 0) is 19.1 Å². The second kappa shape index (κ2) is 4.17. The molecule has 14 heavy (non-hydrogen) atoms. The summed E-state index contributed by atoms with van der Waals surface area (Å²) in [5.41, 5.74) is 0.248. The minimum atomic E-state index is -0.681. The fourth-order valence-electron chi connectivity index (χ4n) is 1.28. The summed E-state index contributed by atoms with van der Waals surface area (Å²) >= 11 is 0. The Morgan fingerprint density at radius 1 is 1.29 bits per heavy atom. The van der Waals surface area contributed by atoms with Gasteiger partial charge in [0.15, 0.2) is 0 Å². The molecule has 0 bridgehead atoms. The summed E-state index contributed by atoms with van der Waals surface area (Å²) in [6, 6.07) is 3.04. The Morgan fingerprint density at radius 2 is 1.79 bits per heavy atom. The standard InChI is InChI=1S/C10H11F2NO/c1-3-13(7(2)14)10-5-8(11)4-9(12)6-10/h4-6H,3H2,1-2H3. The van der Waals surface area contributed by atoms with E-state index in [0.29, 0.717) is 6.54 Å². The minimum absolute atomic E-state index is 0.238. The highest BCUT2D eigenvalue weighted by Gasteiger charge is 2.10. The van der Waals surface area contributed by atoms with E-state index in [-0.39, 0.29) is 11.6 Å². The third-order valence-corrected chi connectivity index (χ3v) is 1.86. The second-order valence-corrected chi connectivity index (χ2v) is 2.89. The van der Waals surface area contributed by atoms with E-state index in [2.05, 4.69) is 0 Å². The number of carbonyl (C=O) groups excluding carboxylic acids is 1. The first kappa shape index (κ1) is 10.6. The summed E-state index contributed by atoms with van der Waals surface area (Å²) in [5, 5.41) is 0. The molecule has 0 spiro atoms. The van der Waals surface area contributed by atoms with Crippen molar-refractivity contribution in [1.29, 1.82) is 0 Å². The molecule has 1 aromatic carbocycles. The molecule has 0 N–H and O–H groups in total. The molecule has 0 fully saturated rings. The third-order valence-electron chi connectivity index (χ3n) is 1.86. The van der Waals surface area contributed by atoms with Gasteiger partial charge in [-0.25, -0.2) is 8.78 Å². The lowest BCUT2D eigenvalue weighted by Crippen LogP contribution is -2.28. The monoisotopic (exact) mass is 199 g/mol. The van der Waals surface area contributed by atoms with Gasteiger partial charge in [0.25, 0.3) is 0 Å². The van der Waals surface area contributed by atoms with E-state index in [1.54, 1.807) is 6.92 Å². The van der Waals surface area contributed by atoms with Crippen LogP contribution in [0.5, 0.6) is 0 Å². The Hall–Kier alpha value is -1.45. The Bertz CT molecular complexity index is 332. The highest BCUT2D eigenvalue weighted by molar-refractivity contribution is 5.91. The van der Waals surface area contributed by atoms with E-state index in [0.717, 1.165) is 18.2 Å². The number of nitrogens with zero attached hydrogens (tertiary/aromatic N) is 1. The zero-order valence-corrected chi connectivity index (χ0v) is 8.05. The molecule has 0 aromatic heterocycles. The van der Waals surface area contributed by atoms with Crippen LogP contribution in [-0.4, -0.2) is 12.5 Å². The molecule has 2 nitrogen and oxygen atoms in total. The fourth-order valence-corrected chi connectivity index (χ4v) is 1.28. The van der Waals surface area contributed by atoms with Crippen LogP contribution >= 0.6 is 0 Å². The molecule has 0 radical (unpaired) electrons. The van der Waals surface area contributed by atoms with Crippen LogP contribution in [-0.2, 0) is 4.79 Å². The Kier molecular flexibility index (Phi) is 3.17. The Labute approximate surface area is 81.1 Å². The molecular weight excluding hydrogens is 188 g/mol. The second-order valence-electron chi connectivity index (χ2n) is 2.89. The quantitative estimate of drug-likeness (QED) is 0.715. The van der Waals surface area contributed by atoms with Gasteiger partial charge < -0.3 is 4.90 Å². The largest absolute Gasteiger partial charge is 0.313 e. The van der Waals surface area contributed by atoms with Crippen molar-refractivity contribution in [2.45, 2.75) is 13.8 Å². The van der Waals surface area contributed by atoms with Gasteiger partial charge in [-0.1, -0.05) is 0 Å². The first-order valence-electron chi connectivity index (χ1n) is 4.28. The minimum Gasteiger partial charge on any atom is -0.313 e. The van der Waals surface area contributed by atoms with Gasteiger partial charge in [0.1, 0.15) is 11.6 Å². The van der Waals surface area contributed by atoms with E-state index in [9.17, 15) is 13.6 Å². The molecule has 4 heteroatoms. The first-order valence-corrected chi connectivity index (χ1v) is 4.28. The number of hydrogen-bond acceptors (Lipinski definition) is 1. The lowest BCUT2D eigenvalue weighted by atomic mass is 10.2. The summed E-state index contributed by atoms with van der Waals surface area (Å²) in [7, 11) is 0. The van der Waals surface area contributed by atoms with Gasteiger partial charge in [-0.15, -0.1) is 0 Å². The number of benzene rings is 1. The highest BCUT2D eigenvalue weighted by atomic mass is 19.1. The molecule has 0 heterocycles. The molecule has 0 unspecified atom stereocenters. The number of rotatable bonds is 2. The fraction of sp³-hybridized carbons (Fsp3) is 0.300. The van der Waals surface area contributed by atoms with Crippen molar-refractivity contribution < 1.29 is 13.6 Å². The van der Waals surface area contributed by atoms with E-state index in [1.165, 1.54) is 11.8 Å². The van der Waals surface area contributed by atoms with Crippen LogP contribution in [0.15, 0.2) is 18.2 Å². The predicted octanol–water partition coefficient (Wildman–Crippen LogP) is 2.34. The van der Waals surface area contributed by atoms with Crippen molar-refractivity contribution in [2.24, 2.45) is 0 Å². The molecule has 0 aliphatic heterocycles. The van der Waals surface area contributed by atoms with E-state index in [4.69, 9.17) is 0 Å². The van der Waals surface area contributed by atoms with Crippen molar-refractivity contribution in [2.75, 3.05) is 11.4 Å². The maximum absolute atomic E-state index is 12.8. The molecule has 0 saturated heterocycles. The number of halogens is 2. The zero-order chi connectivity index (χ0) is 10.7. The number of amides is 1. The van der Waals surface area contributed by atoms with Gasteiger partial charge in [0.2, 0.25) is 5.91 Å². The van der Waals surface area contributed by atoms with E-state index in [1.807, 2.05) is 0 Å². The third kappa shape index (κ3) is 2.28. The number of anilines is 1. The van der Waals surface area contributed by atoms with Crippen molar-refractivity contribution in [3.8, 4) is 0 Å². The van der Waals surface area contributed by atoms with Crippen molar-refractivity contribution in [3.05, 3.63) is 29.8 Å². The average molecular weight is 199 g/mol.